The maximum Gasteiger partial charge on any atom is 0.227 e. The average molecular weight is 731 g/mol. The van der Waals surface area contributed by atoms with E-state index in [1.54, 1.807) is 0 Å². The minimum Gasteiger partial charge on any atom is -0.454 e. The van der Waals surface area contributed by atoms with Crippen molar-refractivity contribution in [2.24, 2.45) is 0 Å². The first-order valence-corrected chi connectivity index (χ1v) is 19.2. The molecule has 2 heterocycles. The maximum absolute atomic E-state index is 7.06. The topological polar surface area (TPSA) is 42.4 Å². The third-order valence-electron chi connectivity index (χ3n) is 10.8. The highest BCUT2D eigenvalue weighted by atomic mass is 16.3. The fourth-order valence-electron chi connectivity index (χ4n) is 8.10. The second-order valence-corrected chi connectivity index (χ2v) is 14.4. The molecule has 2 aromatic heterocycles. The molecule has 11 rings (SSSR count). The lowest BCUT2D eigenvalue weighted by Crippen LogP contribution is -2.11. The van der Waals surface area contributed by atoms with E-state index in [9.17, 15) is 0 Å². The van der Waals surface area contributed by atoms with Gasteiger partial charge in [0.1, 0.15) is 11.1 Å². The molecule has 0 aliphatic heterocycles. The van der Waals surface area contributed by atoms with E-state index >= 15 is 0 Å². The fourth-order valence-corrected chi connectivity index (χ4v) is 8.10. The summed E-state index contributed by atoms with van der Waals surface area (Å²) in [5.74, 6) is 0.565. The summed E-state index contributed by atoms with van der Waals surface area (Å²) in [6.45, 7) is 0. The Morgan fingerprint density at radius 2 is 0.947 bits per heavy atom. The Morgan fingerprint density at radius 3 is 1.63 bits per heavy atom. The van der Waals surface area contributed by atoms with Crippen LogP contribution in [0.2, 0.25) is 0 Å². The van der Waals surface area contributed by atoms with Crippen molar-refractivity contribution in [1.29, 1.82) is 0 Å². The largest absolute Gasteiger partial charge is 0.454 e. The molecule has 0 aliphatic carbocycles. The van der Waals surface area contributed by atoms with Crippen LogP contribution in [0.4, 0.5) is 17.1 Å². The Morgan fingerprint density at radius 1 is 0.368 bits per heavy atom. The van der Waals surface area contributed by atoms with E-state index in [1.807, 2.05) is 24.3 Å². The van der Waals surface area contributed by atoms with Crippen molar-refractivity contribution < 1.29 is 8.83 Å². The molecule has 11 aromatic rings. The number of benzene rings is 9. The lowest BCUT2D eigenvalue weighted by Gasteiger charge is -2.27. The lowest BCUT2D eigenvalue weighted by atomic mass is 9.96. The summed E-state index contributed by atoms with van der Waals surface area (Å²) in [5, 5.41) is 4.35. The molecule has 0 fully saturated rings. The minimum atomic E-state index is 0.565. The quantitative estimate of drug-likeness (QED) is 0.164. The SMILES string of the molecule is c1ccc(-c2ccc(N(c3cc(-c4ccccc4)cc(-c4ccccc4)c3)c3cc4ccccc4c4c3oc3cc(-c5nc6ccccc6o5)ccc34)cc2)cc1. The van der Waals surface area contributed by atoms with Crippen LogP contribution in [-0.4, -0.2) is 4.98 Å². The molecule has 0 spiro atoms. The molecule has 0 radical (unpaired) electrons. The van der Waals surface area contributed by atoms with Crippen LogP contribution in [0, 0.1) is 0 Å². The van der Waals surface area contributed by atoms with Gasteiger partial charge in [0.2, 0.25) is 5.89 Å². The van der Waals surface area contributed by atoms with Gasteiger partial charge in [-0.15, -0.1) is 0 Å². The minimum absolute atomic E-state index is 0.565. The molecule has 4 heteroatoms. The van der Waals surface area contributed by atoms with Gasteiger partial charge in [-0.05, 0) is 111 Å². The molecule has 9 aromatic carbocycles. The molecular formula is C53H34N2O2. The Balaban J connectivity index is 1.18. The zero-order valence-electron chi connectivity index (χ0n) is 30.8. The molecular weight excluding hydrogens is 697 g/mol. The van der Waals surface area contributed by atoms with Crippen molar-refractivity contribution in [3.63, 3.8) is 0 Å². The van der Waals surface area contributed by atoms with Crippen LogP contribution >= 0.6 is 0 Å². The number of anilines is 3. The summed E-state index contributed by atoms with van der Waals surface area (Å²) >= 11 is 0. The summed E-state index contributed by atoms with van der Waals surface area (Å²) in [4.78, 5) is 7.15. The van der Waals surface area contributed by atoms with Gasteiger partial charge in [-0.2, -0.15) is 0 Å². The molecule has 4 nitrogen and oxygen atoms in total. The predicted octanol–water partition coefficient (Wildman–Crippen LogP) is 15.0. The van der Waals surface area contributed by atoms with Gasteiger partial charge in [-0.25, -0.2) is 4.98 Å². The number of fused-ring (bicyclic) bond motifs is 6. The first-order chi connectivity index (χ1) is 28.2. The van der Waals surface area contributed by atoms with Gasteiger partial charge >= 0.3 is 0 Å². The number of rotatable bonds is 7. The van der Waals surface area contributed by atoms with Gasteiger partial charge in [0.15, 0.2) is 11.2 Å². The Bertz CT molecular complexity index is 3130. The van der Waals surface area contributed by atoms with E-state index in [-0.39, 0.29) is 0 Å². The zero-order valence-corrected chi connectivity index (χ0v) is 30.8. The summed E-state index contributed by atoms with van der Waals surface area (Å²) in [5.41, 5.74) is 13.9. The monoisotopic (exact) mass is 730 g/mol. The third-order valence-corrected chi connectivity index (χ3v) is 10.8. The third kappa shape index (κ3) is 5.83. The average Bonchev–Trinajstić information content (AvgIpc) is 3.90. The molecule has 57 heavy (non-hydrogen) atoms. The Hall–Kier alpha value is -7.69. The van der Waals surface area contributed by atoms with Crippen molar-refractivity contribution in [2.45, 2.75) is 0 Å². The summed E-state index contributed by atoms with van der Waals surface area (Å²) in [6, 6.07) is 72.5. The molecule has 0 saturated heterocycles. The summed E-state index contributed by atoms with van der Waals surface area (Å²) in [7, 11) is 0. The number of oxazole rings is 1. The van der Waals surface area contributed by atoms with E-state index in [0.29, 0.717) is 5.89 Å². The van der Waals surface area contributed by atoms with Gasteiger partial charge in [0, 0.05) is 27.7 Å². The number of aromatic nitrogens is 1. The first-order valence-electron chi connectivity index (χ1n) is 19.2. The molecule has 0 atom stereocenters. The van der Waals surface area contributed by atoms with Crippen LogP contribution in [0.5, 0.6) is 0 Å². The standard InChI is InChI=1S/C53H34N2O2/c1-4-14-35(15-5-1)38-24-27-43(28-25-38)55(44-31-41(36-16-6-2-7-17-36)30-42(32-44)37-18-8-3-9-19-37)48-33-39-20-10-11-21-45(39)51-46-29-26-40(34-50(46)56-52(48)51)53-54-47-22-12-13-23-49(47)57-53/h1-34H. The van der Waals surface area contributed by atoms with Crippen molar-refractivity contribution in [2.75, 3.05) is 4.90 Å². The predicted molar refractivity (Wildman–Crippen MR) is 235 cm³/mol. The smallest absolute Gasteiger partial charge is 0.227 e. The highest BCUT2D eigenvalue weighted by molar-refractivity contribution is 6.23. The highest BCUT2D eigenvalue weighted by Crippen LogP contribution is 2.47. The second-order valence-electron chi connectivity index (χ2n) is 14.4. The lowest BCUT2D eigenvalue weighted by molar-refractivity contribution is 0.619. The van der Waals surface area contributed by atoms with Gasteiger partial charge in [0.05, 0.1) is 5.69 Å². The van der Waals surface area contributed by atoms with Crippen LogP contribution in [0.3, 0.4) is 0 Å². The van der Waals surface area contributed by atoms with E-state index in [2.05, 4.69) is 187 Å². The molecule has 0 bridgehead atoms. The van der Waals surface area contributed by atoms with Crippen LogP contribution in [-0.2, 0) is 0 Å². The molecule has 0 N–H and O–H groups in total. The number of para-hydroxylation sites is 2. The van der Waals surface area contributed by atoms with Gasteiger partial charge in [-0.1, -0.05) is 140 Å². The molecule has 268 valence electrons. The maximum atomic E-state index is 7.06. The molecule has 0 saturated carbocycles. The zero-order chi connectivity index (χ0) is 37.7. The van der Waals surface area contributed by atoms with Crippen LogP contribution in [0.1, 0.15) is 0 Å². The van der Waals surface area contributed by atoms with Crippen molar-refractivity contribution in [1.82, 2.24) is 4.98 Å². The van der Waals surface area contributed by atoms with Crippen LogP contribution < -0.4 is 4.90 Å². The molecule has 0 aliphatic rings. The number of nitrogens with zero attached hydrogens (tertiary/aromatic N) is 2. The number of hydrogen-bond donors (Lipinski definition) is 0. The normalized spacial score (nSPS) is 11.5. The van der Waals surface area contributed by atoms with E-state index in [0.717, 1.165) is 94.3 Å². The van der Waals surface area contributed by atoms with Crippen LogP contribution in [0.25, 0.3) is 88.6 Å². The van der Waals surface area contributed by atoms with Crippen LogP contribution in [0.15, 0.2) is 215 Å². The van der Waals surface area contributed by atoms with E-state index in [1.165, 1.54) is 5.56 Å². The highest BCUT2D eigenvalue weighted by Gasteiger charge is 2.24. The van der Waals surface area contributed by atoms with Crippen molar-refractivity contribution in [3.8, 4) is 44.8 Å². The summed E-state index contributed by atoms with van der Waals surface area (Å²) in [6.07, 6.45) is 0. The van der Waals surface area contributed by atoms with Gasteiger partial charge < -0.3 is 13.7 Å². The number of furan rings is 1. The molecule has 0 unspecified atom stereocenters. The first kappa shape index (κ1) is 32.7. The Labute approximate surface area is 329 Å². The molecule has 0 amide bonds. The summed E-state index contributed by atoms with van der Waals surface area (Å²) < 4.78 is 13.3. The van der Waals surface area contributed by atoms with E-state index in [4.69, 9.17) is 13.8 Å². The second kappa shape index (κ2) is 13.6. The van der Waals surface area contributed by atoms with Gasteiger partial charge in [0.25, 0.3) is 0 Å². The van der Waals surface area contributed by atoms with E-state index < -0.39 is 0 Å². The Kier molecular flexibility index (Phi) is 7.78. The fraction of sp³-hybridized carbons (Fsp3) is 0. The number of hydrogen-bond acceptors (Lipinski definition) is 4. The van der Waals surface area contributed by atoms with Gasteiger partial charge in [-0.3, -0.25) is 0 Å². The van der Waals surface area contributed by atoms with Crippen molar-refractivity contribution >= 4 is 60.9 Å². The van der Waals surface area contributed by atoms with Crippen molar-refractivity contribution in [3.05, 3.63) is 206 Å².